The van der Waals surface area contributed by atoms with Crippen molar-refractivity contribution in [1.82, 2.24) is 14.6 Å². The maximum Gasteiger partial charge on any atom is 0.235 e. The van der Waals surface area contributed by atoms with Gasteiger partial charge in [0, 0.05) is 25.5 Å². The summed E-state index contributed by atoms with van der Waals surface area (Å²) in [5.41, 5.74) is 0.794. The lowest BCUT2D eigenvalue weighted by atomic mass is 10.2. The lowest BCUT2D eigenvalue weighted by Gasteiger charge is -2.19. The van der Waals surface area contributed by atoms with Crippen LogP contribution in [0.3, 0.4) is 0 Å². The summed E-state index contributed by atoms with van der Waals surface area (Å²) < 4.78 is 24.6. The number of hydrogen-bond acceptors (Lipinski definition) is 4. The first kappa shape index (κ1) is 16.6. The SMILES string of the molecule is CC(C)CNC(=O)CN(Cc1ccncc1)S(C)(=O)=O. The summed E-state index contributed by atoms with van der Waals surface area (Å²) in [7, 11) is -3.44. The Morgan fingerprint density at radius 3 is 2.45 bits per heavy atom. The van der Waals surface area contributed by atoms with Gasteiger partial charge in [0.15, 0.2) is 0 Å². The summed E-state index contributed by atoms with van der Waals surface area (Å²) in [4.78, 5) is 15.6. The number of nitrogens with zero attached hydrogens (tertiary/aromatic N) is 2. The number of sulfonamides is 1. The van der Waals surface area contributed by atoms with Gasteiger partial charge in [-0.2, -0.15) is 4.31 Å². The van der Waals surface area contributed by atoms with Crippen molar-refractivity contribution in [1.29, 1.82) is 0 Å². The van der Waals surface area contributed by atoms with Gasteiger partial charge in [-0.25, -0.2) is 8.42 Å². The highest BCUT2D eigenvalue weighted by atomic mass is 32.2. The quantitative estimate of drug-likeness (QED) is 0.800. The molecule has 1 aromatic heterocycles. The molecule has 0 aromatic carbocycles. The van der Waals surface area contributed by atoms with Crippen molar-refractivity contribution in [3.8, 4) is 0 Å². The van der Waals surface area contributed by atoms with Crippen molar-refractivity contribution in [2.24, 2.45) is 5.92 Å². The van der Waals surface area contributed by atoms with E-state index in [1.165, 1.54) is 0 Å². The molecule has 0 spiro atoms. The minimum absolute atomic E-state index is 0.163. The Hall–Kier alpha value is -1.47. The van der Waals surface area contributed by atoms with E-state index in [1.54, 1.807) is 24.5 Å². The highest BCUT2D eigenvalue weighted by Crippen LogP contribution is 2.07. The van der Waals surface area contributed by atoms with E-state index in [-0.39, 0.29) is 19.0 Å². The Bertz CT molecular complexity index is 529. The summed E-state index contributed by atoms with van der Waals surface area (Å²) in [5, 5.41) is 2.71. The fourth-order valence-electron chi connectivity index (χ4n) is 1.52. The second-order valence-electron chi connectivity index (χ2n) is 5.08. The third-order valence-electron chi connectivity index (χ3n) is 2.60. The first-order valence-electron chi connectivity index (χ1n) is 6.39. The van der Waals surface area contributed by atoms with Gasteiger partial charge in [0.05, 0.1) is 12.8 Å². The van der Waals surface area contributed by atoms with Crippen LogP contribution in [0, 0.1) is 5.92 Å². The van der Waals surface area contributed by atoms with Crippen molar-refractivity contribution < 1.29 is 13.2 Å². The molecule has 112 valence electrons. The van der Waals surface area contributed by atoms with E-state index in [2.05, 4.69) is 10.3 Å². The van der Waals surface area contributed by atoms with E-state index in [9.17, 15) is 13.2 Å². The molecule has 0 aliphatic carbocycles. The van der Waals surface area contributed by atoms with Crippen molar-refractivity contribution in [3.05, 3.63) is 30.1 Å². The number of amides is 1. The van der Waals surface area contributed by atoms with E-state index in [0.29, 0.717) is 12.5 Å². The minimum atomic E-state index is -3.44. The van der Waals surface area contributed by atoms with E-state index in [4.69, 9.17) is 0 Å². The zero-order valence-electron chi connectivity index (χ0n) is 12.0. The van der Waals surface area contributed by atoms with E-state index in [1.807, 2.05) is 13.8 Å². The molecule has 7 heteroatoms. The highest BCUT2D eigenvalue weighted by molar-refractivity contribution is 7.88. The van der Waals surface area contributed by atoms with Crippen LogP contribution in [0.1, 0.15) is 19.4 Å². The van der Waals surface area contributed by atoms with Crippen LogP contribution in [-0.4, -0.2) is 43.0 Å². The largest absolute Gasteiger partial charge is 0.355 e. The molecule has 1 N–H and O–H groups in total. The van der Waals surface area contributed by atoms with Gasteiger partial charge < -0.3 is 5.32 Å². The van der Waals surface area contributed by atoms with Crippen LogP contribution >= 0.6 is 0 Å². The van der Waals surface area contributed by atoms with Crippen LogP contribution in [0.4, 0.5) is 0 Å². The third kappa shape index (κ3) is 6.12. The van der Waals surface area contributed by atoms with Crippen molar-refractivity contribution in [2.45, 2.75) is 20.4 Å². The Balaban J connectivity index is 2.69. The van der Waals surface area contributed by atoms with Gasteiger partial charge in [0.2, 0.25) is 15.9 Å². The summed E-state index contributed by atoms with van der Waals surface area (Å²) in [5.74, 6) is 0.0315. The molecule has 0 saturated carbocycles. The van der Waals surface area contributed by atoms with Crippen LogP contribution in [0.15, 0.2) is 24.5 Å². The predicted molar refractivity (Wildman–Crippen MR) is 77.3 cm³/mol. The topological polar surface area (TPSA) is 79.4 Å². The molecule has 20 heavy (non-hydrogen) atoms. The lowest BCUT2D eigenvalue weighted by molar-refractivity contribution is -0.121. The molecule has 0 aliphatic heterocycles. The predicted octanol–water partition coefficient (Wildman–Crippen LogP) is 0.615. The second-order valence-corrected chi connectivity index (χ2v) is 7.07. The van der Waals surface area contributed by atoms with Gasteiger partial charge in [0.1, 0.15) is 0 Å². The molecule has 1 amide bonds. The summed E-state index contributed by atoms with van der Waals surface area (Å²) >= 11 is 0. The molecular formula is C13H21N3O3S. The zero-order valence-corrected chi connectivity index (χ0v) is 12.9. The second kappa shape index (κ2) is 7.35. The average molecular weight is 299 g/mol. The van der Waals surface area contributed by atoms with Gasteiger partial charge in [0.25, 0.3) is 0 Å². The van der Waals surface area contributed by atoms with Crippen molar-refractivity contribution >= 4 is 15.9 Å². The summed E-state index contributed by atoms with van der Waals surface area (Å²) in [6, 6.07) is 3.45. The third-order valence-corrected chi connectivity index (χ3v) is 3.80. The number of carbonyl (C=O) groups excluding carboxylic acids is 1. The number of carbonyl (C=O) groups is 1. The van der Waals surface area contributed by atoms with E-state index < -0.39 is 10.0 Å². The molecule has 0 saturated heterocycles. The Morgan fingerprint density at radius 1 is 1.35 bits per heavy atom. The standard InChI is InChI=1S/C13H21N3O3S/c1-11(2)8-15-13(17)10-16(20(3,18)19)9-12-4-6-14-7-5-12/h4-7,11H,8-10H2,1-3H3,(H,15,17). The molecule has 1 rings (SSSR count). The molecule has 0 aliphatic rings. The van der Waals surface area contributed by atoms with Gasteiger partial charge in [-0.05, 0) is 23.6 Å². The van der Waals surface area contributed by atoms with Gasteiger partial charge in [-0.1, -0.05) is 13.8 Å². The maximum atomic E-state index is 11.8. The fraction of sp³-hybridized carbons (Fsp3) is 0.538. The molecule has 0 bridgehead atoms. The number of nitrogens with one attached hydrogen (secondary N) is 1. The maximum absolute atomic E-state index is 11.8. The number of pyridine rings is 1. The van der Waals surface area contributed by atoms with Crippen LogP contribution in [0.25, 0.3) is 0 Å². The van der Waals surface area contributed by atoms with Crippen molar-refractivity contribution in [2.75, 3.05) is 19.3 Å². The molecule has 1 heterocycles. The van der Waals surface area contributed by atoms with Crippen LogP contribution in [0.2, 0.25) is 0 Å². The molecule has 0 radical (unpaired) electrons. The number of hydrogen-bond donors (Lipinski definition) is 1. The van der Waals surface area contributed by atoms with Crippen LogP contribution in [0.5, 0.6) is 0 Å². The molecular weight excluding hydrogens is 278 g/mol. The molecule has 1 aromatic rings. The smallest absolute Gasteiger partial charge is 0.235 e. The number of rotatable bonds is 7. The number of aromatic nitrogens is 1. The zero-order chi connectivity index (χ0) is 15.2. The van der Waals surface area contributed by atoms with E-state index in [0.717, 1.165) is 16.1 Å². The van der Waals surface area contributed by atoms with Gasteiger partial charge in [-0.15, -0.1) is 0 Å². The van der Waals surface area contributed by atoms with Gasteiger partial charge in [-0.3, -0.25) is 9.78 Å². The molecule has 0 fully saturated rings. The van der Waals surface area contributed by atoms with Crippen molar-refractivity contribution in [3.63, 3.8) is 0 Å². The fourth-order valence-corrected chi connectivity index (χ4v) is 2.25. The highest BCUT2D eigenvalue weighted by Gasteiger charge is 2.20. The van der Waals surface area contributed by atoms with Gasteiger partial charge >= 0.3 is 0 Å². The first-order chi connectivity index (χ1) is 9.29. The monoisotopic (exact) mass is 299 g/mol. The molecule has 6 nitrogen and oxygen atoms in total. The Labute approximate surface area is 120 Å². The molecule has 0 atom stereocenters. The lowest BCUT2D eigenvalue weighted by Crippen LogP contribution is -2.40. The van der Waals surface area contributed by atoms with Crippen LogP contribution < -0.4 is 5.32 Å². The normalized spacial score (nSPS) is 11.8. The Kier molecular flexibility index (Phi) is 6.09. The minimum Gasteiger partial charge on any atom is -0.355 e. The molecule has 0 unspecified atom stereocenters. The first-order valence-corrected chi connectivity index (χ1v) is 8.24. The Morgan fingerprint density at radius 2 is 1.95 bits per heavy atom. The van der Waals surface area contributed by atoms with E-state index >= 15 is 0 Å². The summed E-state index contributed by atoms with van der Waals surface area (Å²) in [6.45, 7) is 4.48. The summed E-state index contributed by atoms with van der Waals surface area (Å²) in [6.07, 6.45) is 4.28. The average Bonchev–Trinajstić information content (AvgIpc) is 2.36. The van der Waals surface area contributed by atoms with Crippen LogP contribution in [-0.2, 0) is 21.4 Å².